The third-order valence-corrected chi connectivity index (χ3v) is 3.31. The number of anilines is 1. The van der Waals surface area contributed by atoms with Crippen molar-refractivity contribution in [2.24, 2.45) is 0 Å². The minimum atomic E-state index is -0.369. The predicted octanol–water partition coefficient (Wildman–Crippen LogP) is 3.36. The van der Waals surface area contributed by atoms with Crippen LogP contribution in [0.5, 0.6) is 0 Å². The summed E-state index contributed by atoms with van der Waals surface area (Å²) in [6.45, 7) is 6.47. The quantitative estimate of drug-likeness (QED) is 0.590. The largest absolute Gasteiger partial charge is 0.466 e. The molecule has 0 fully saturated rings. The summed E-state index contributed by atoms with van der Waals surface area (Å²) in [6, 6.07) is 7.80. The molecule has 1 rings (SSSR count). The zero-order chi connectivity index (χ0) is 17.2. The second kappa shape index (κ2) is 9.94. The van der Waals surface area contributed by atoms with Gasteiger partial charge in [-0.2, -0.15) is 0 Å². The molecule has 126 valence electrons. The van der Waals surface area contributed by atoms with Crippen LogP contribution in [0.3, 0.4) is 0 Å². The summed E-state index contributed by atoms with van der Waals surface area (Å²) in [5, 5.41) is 5.83. The summed E-state index contributed by atoms with van der Waals surface area (Å²) in [4.78, 5) is 23.1. The number of rotatable bonds is 7. The summed E-state index contributed by atoms with van der Waals surface area (Å²) in [5.74, 6) is -0.338. The minimum absolute atomic E-state index is 0.0518. The summed E-state index contributed by atoms with van der Waals surface area (Å²) in [6.07, 6.45) is 0.869. The van der Waals surface area contributed by atoms with Crippen molar-refractivity contribution in [1.29, 1.82) is 0 Å². The third-order valence-electron chi connectivity index (χ3n) is 3.11. The number of esters is 1. The molecule has 0 aliphatic rings. The molecule has 0 aliphatic carbocycles. The van der Waals surface area contributed by atoms with Crippen molar-refractivity contribution in [2.75, 3.05) is 11.9 Å². The molecule has 0 aliphatic heterocycles. The Morgan fingerprint density at radius 1 is 1.22 bits per heavy atom. The van der Waals surface area contributed by atoms with Crippen LogP contribution in [0.4, 0.5) is 5.69 Å². The summed E-state index contributed by atoms with van der Waals surface area (Å²) >= 11 is 5.15. The van der Waals surface area contributed by atoms with Crippen molar-refractivity contribution < 1.29 is 14.3 Å². The number of carbonyl (C=O) groups excluding carboxylic acids is 2. The molecule has 1 aromatic rings. The van der Waals surface area contributed by atoms with E-state index in [1.54, 1.807) is 0 Å². The standard InChI is InChI=1S/C17H24N2O3S/c1-4-11-22-16(21)10-9-15(20)19-17(23)18-14-8-6-5-7-13(14)12(2)3/h5-8,12H,4,9-11H2,1-3H3,(H2,18,19,20,23). The van der Waals surface area contributed by atoms with Gasteiger partial charge in [0.1, 0.15) is 0 Å². The van der Waals surface area contributed by atoms with Gasteiger partial charge in [0.05, 0.1) is 13.0 Å². The van der Waals surface area contributed by atoms with Crippen LogP contribution in [0, 0.1) is 0 Å². The van der Waals surface area contributed by atoms with E-state index >= 15 is 0 Å². The molecule has 23 heavy (non-hydrogen) atoms. The van der Waals surface area contributed by atoms with E-state index in [4.69, 9.17) is 17.0 Å². The smallest absolute Gasteiger partial charge is 0.306 e. The van der Waals surface area contributed by atoms with Crippen LogP contribution in [0.15, 0.2) is 24.3 Å². The lowest BCUT2D eigenvalue weighted by Gasteiger charge is -2.15. The van der Waals surface area contributed by atoms with Crippen molar-refractivity contribution in [3.05, 3.63) is 29.8 Å². The normalized spacial score (nSPS) is 10.3. The number of carbonyl (C=O) groups is 2. The van der Waals surface area contributed by atoms with Crippen molar-refractivity contribution >= 4 is 34.9 Å². The molecule has 0 saturated carbocycles. The number of thiocarbonyl (C=S) groups is 1. The van der Waals surface area contributed by atoms with Crippen molar-refractivity contribution in [1.82, 2.24) is 5.32 Å². The van der Waals surface area contributed by atoms with Crippen LogP contribution in [-0.2, 0) is 14.3 Å². The van der Waals surface area contributed by atoms with Crippen LogP contribution in [0.2, 0.25) is 0 Å². The van der Waals surface area contributed by atoms with Gasteiger partial charge in [0, 0.05) is 12.1 Å². The average Bonchev–Trinajstić information content (AvgIpc) is 2.51. The lowest BCUT2D eigenvalue weighted by Crippen LogP contribution is -2.34. The minimum Gasteiger partial charge on any atom is -0.466 e. The van der Waals surface area contributed by atoms with Crippen molar-refractivity contribution in [3.8, 4) is 0 Å². The van der Waals surface area contributed by atoms with Gasteiger partial charge in [-0.05, 0) is 36.2 Å². The molecule has 0 aromatic heterocycles. The molecule has 0 heterocycles. The van der Waals surface area contributed by atoms with Crippen LogP contribution >= 0.6 is 12.2 Å². The van der Waals surface area contributed by atoms with Gasteiger partial charge in [0.15, 0.2) is 5.11 Å². The fourth-order valence-corrected chi connectivity index (χ4v) is 2.18. The Labute approximate surface area is 142 Å². The fourth-order valence-electron chi connectivity index (χ4n) is 1.96. The maximum absolute atomic E-state index is 11.8. The summed E-state index contributed by atoms with van der Waals surface area (Å²) < 4.78 is 4.92. The van der Waals surface area contributed by atoms with Gasteiger partial charge in [0.2, 0.25) is 5.91 Å². The zero-order valence-electron chi connectivity index (χ0n) is 13.8. The Bertz CT molecular complexity index is 559. The molecule has 2 N–H and O–H groups in total. The van der Waals surface area contributed by atoms with E-state index in [1.165, 1.54) is 0 Å². The van der Waals surface area contributed by atoms with E-state index in [0.717, 1.165) is 17.7 Å². The summed E-state index contributed by atoms with van der Waals surface area (Å²) in [5.41, 5.74) is 1.99. The molecular formula is C17H24N2O3S. The van der Waals surface area contributed by atoms with Crippen LogP contribution < -0.4 is 10.6 Å². The molecular weight excluding hydrogens is 312 g/mol. The van der Waals surface area contributed by atoms with Gasteiger partial charge in [-0.25, -0.2) is 0 Å². The number of hydrogen-bond donors (Lipinski definition) is 2. The zero-order valence-corrected chi connectivity index (χ0v) is 14.7. The highest BCUT2D eigenvalue weighted by Crippen LogP contribution is 2.23. The number of para-hydroxylation sites is 1. The molecule has 6 heteroatoms. The monoisotopic (exact) mass is 336 g/mol. The molecule has 1 amide bonds. The first-order chi connectivity index (χ1) is 10.9. The molecule has 0 spiro atoms. The predicted molar refractivity (Wildman–Crippen MR) is 95.4 cm³/mol. The van der Waals surface area contributed by atoms with E-state index in [-0.39, 0.29) is 29.8 Å². The van der Waals surface area contributed by atoms with Gasteiger partial charge in [-0.3, -0.25) is 9.59 Å². The fraction of sp³-hybridized carbons (Fsp3) is 0.471. The third kappa shape index (κ3) is 7.23. The van der Waals surface area contributed by atoms with E-state index in [9.17, 15) is 9.59 Å². The first-order valence-electron chi connectivity index (χ1n) is 7.79. The number of nitrogens with one attached hydrogen (secondary N) is 2. The molecule has 0 atom stereocenters. The lowest BCUT2D eigenvalue weighted by atomic mass is 10.0. The second-order valence-electron chi connectivity index (χ2n) is 5.46. The van der Waals surface area contributed by atoms with Crippen LogP contribution in [0.1, 0.15) is 51.5 Å². The van der Waals surface area contributed by atoms with Crippen LogP contribution in [-0.4, -0.2) is 23.6 Å². The highest BCUT2D eigenvalue weighted by Gasteiger charge is 2.11. The highest BCUT2D eigenvalue weighted by atomic mass is 32.1. The number of benzene rings is 1. The van der Waals surface area contributed by atoms with Crippen molar-refractivity contribution in [2.45, 2.75) is 46.0 Å². The lowest BCUT2D eigenvalue weighted by molar-refractivity contribution is -0.144. The maximum Gasteiger partial charge on any atom is 0.306 e. The highest BCUT2D eigenvalue weighted by molar-refractivity contribution is 7.80. The SMILES string of the molecule is CCCOC(=O)CCC(=O)NC(=S)Nc1ccccc1C(C)C. The van der Waals surface area contributed by atoms with Gasteiger partial charge in [0.25, 0.3) is 0 Å². The summed E-state index contributed by atoms with van der Waals surface area (Å²) in [7, 11) is 0. The van der Waals surface area contributed by atoms with E-state index in [0.29, 0.717) is 12.5 Å². The second-order valence-corrected chi connectivity index (χ2v) is 5.87. The van der Waals surface area contributed by atoms with E-state index < -0.39 is 0 Å². The molecule has 1 aromatic carbocycles. The number of ether oxygens (including phenoxy) is 1. The Morgan fingerprint density at radius 3 is 2.57 bits per heavy atom. The topological polar surface area (TPSA) is 67.4 Å². The molecule has 5 nitrogen and oxygen atoms in total. The Balaban J connectivity index is 2.45. The molecule has 0 radical (unpaired) electrons. The first kappa shape index (κ1) is 19.1. The number of hydrogen-bond acceptors (Lipinski definition) is 4. The average molecular weight is 336 g/mol. The van der Waals surface area contributed by atoms with Crippen LogP contribution in [0.25, 0.3) is 0 Å². The van der Waals surface area contributed by atoms with Gasteiger partial charge >= 0.3 is 5.97 Å². The number of amides is 1. The maximum atomic E-state index is 11.8. The van der Waals surface area contributed by atoms with E-state index in [1.807, 2.05) is 31.2 Å². The van der Waals surface area contributed by atoms with E-state index in [2.05, 4.69) is 24.5 Å². The Hall–Kier alpha value is -1.95. The van der Waals surface area contributed by atoms with Crippen molar-refractivity contribution in [3.63, 3.8) is 0 Å². The Morgan fingerprint density at radius 2 is 1.91 bits per heavy atom. The molecule has 0 saturated heterocycles. The Kier molecular flexibility index (Phi) is 8.26. The first-order valence-corrected chi connectivity index (χ1v) is 8.20. The van der Waals surface area contributed by atoms with Gasteiger partial charge < -0.3 is 15.4 Å². The van der Waals surface area contributed by atoms with Gasteiger partial charge in [-0.1, -0.05) is 39.0 Å². The molecule has 0 unspecified atom stereocenters. The van der Waals surface area contributed by atoms with Gasteiger partial charge in [-0.15, -0.1) is 0 Å². The molecule has 0 bridgehead atoms.